The third kappa shape index (κ3) is 2.99. The molecule has 0 aliphatic carbocycles. The summed E-state index contributed by atoms with van der Waals surface area (Å²) in [6.07, 6.45) is 2.36. The maximum atomic E-state index is 6.27. The summed E-state index contributed by atoms with van der Waals surface area (Å²) >= 11 is 0. The second kappa shape index (κ2) is 6.56. The number of rotatable bonds is 5. The van der Waals surface area contributed by atoms with E-state index >= 15 is 0 Å². The summed E-state index contributed by atoms with van der Waals surface area (Å²) in [6, 6.07) is 17.9. The third-order valence-corrected chi connectivity index (χ3v) is 3.96. The number of nitrogens with zero attached hydrogens (tertiary/aromatic N) is 5. The molecule has 7 heteroatoms. The molecule has 7 nitrogen and oxygen atoms in total. The van der Waals surface area contributed by atoms with Crippen LogP contribution in [0.5, 0.6) is 0 Å². The number of nitrogens with two attached hydrogens (primary N) is 1. The van der Waals surface area contributed by atoms with Gasteiger partial charge in [-0.2, -0.15) is 4.68 Å². The quantitative estimate of drug-likeness (QED) is 0.583. The molecule has 4 aromatic rings. The molecule has 2 heterocycles. The van der Waals surface area contributed by atoms with E-state index in [1.165, 1.54) is 11.9 Å². The van der Waals surface area contributed by atoms with E-state index in [0.717, 1.165) is 24.0 Å². The van der Waals surface area contributed by atoms with E-state index in [-0.39, 0.29) is 0 Å². The van der Waals surface area contributed by atoms with Crippen LogP contribution in [0.25, 0.3) is 16.9 Å². The lowest BCUT2D eigenvalue weighted by Gasteiger charge is -2.11. The molecule has 124 valence electrons. The molecule has 0 amide bonds. The van der Waals surface area contributed by atoms with Gasteiger partial charge in [-0.05, 0) is 24.1 Å². The lowest BCUT2D eigenvalue weighted by molar-refractivity contribution is 0.799. The molecular formula is C18H17N7. The van der Waals surface area contributed by atoms with Crippen LogP contribution >= 0.6 is 0 Å². The first-order chi connectivity index (χ1) is 12.3. The number of aromatic nitrogens is 5. The summed E-state index contributed by atoms with van der Waals surface area (Å²) in [6.45, 7) is 0.725. The Hall–Kier alpha value is -3.48. The Morgan fingerprint density at radius 3 is 2.64 bits per heavy atom. The van der Waals surface area contributed by atoms with Crippen LogP contribution in [0, 0.1) is 0 Å². The van der Waals surface area contributed by atoms with E-state index in [1.54, 1.807) is 4.68 Å². The van der Waals surface area contributed by atoms with Crippen molar-refractivity contribution in [2.75, 3.05) is 17.6 Å². The molecule has 0 bridgehead atoms. The Bertz CT molecular complexity index is 995. The van der Waals surface area contributed by atoms with Gasteiger partial charge in [0.25, 0.3) is 0 Å². The van der Waals surface area contributed by atoms with Crippen LogP contribution in [0.3, 0.4) is 0 Å². The summed E-state index contributed by atoms with van der Waals surface area (Å²) in [5.41, 5.74) is 9.61. The topological polar surface area (TPSA) is 94.5 Å². The maximum Gasteiger partial charge on any atom is 0.184 e. The van der Waals surface area contributed by atoms with Crippen molar-refractivity contribution in [1.29, 1.82) is 0 Å². The minimum absolute atomic E-state index is 0.450. The van der Waals surface area contributed by atoms with E-state index in [9.17, 15) is 0 Å². The average molecular weight is 331 g/mol. The molecule has 0 spiro atoms. The van der Waals surface area contributed by atoms with Crippen molar-refractivity contribution in [1.82, 2.24) is 25.0 Å². The summed E-state index contributed by atoms with van der Waals surface area (Å²) in [5.74, 6) is 1.12. The second-order valence-corrected chi connectivity index (χ2v) is 5.61. The molecule has 0 saturated carbocycles. The Morgan fingerprint density at radius 1 is 0.960 bits per heavy atom. The van der Waals surface area contributed by atoms with Crippen molar-refractivity contribution in [3.63, 3.8) is 0 Å². The summed E-state index contributed by atoms with van der Waals surface area (Å²) in [5, 5.41) is 11.6. The highest BCUT2D eigenvalue weighted by Crippen LogP contribution is 2.23. The first-order valence-electron chi connectivity index (χ1n) is 8.02. The zero-order valence-corrected chi connectivity index (χ0v) is 13.5. The minimum Gasteiger partial charge on any atom is -0.393 e. The summed E-state index contributed by atoms with van der Waals surface area (Å²) in [7, 11) is 0. The lowest BCUT2D eigenvalue weighted by atomic mass is 10.1. The molecule has 0 fully saturated rings. The van der Waals surface area contributed by atoms with Crippen molar-refractivity contribution < 1.29 is 0 Å². The zero-order valence-electron chi connectivity index (χ0n) is 13.5. The molecule has 4 rings (SSSR count). The van der Waals surface area contributed by atoms with Gasteiger partial charge in [0.15, 0.2) is 11.6 Å². The molecule has 0 saturated heterocycles. The van der Waals surface area contributed by atoms with E-state index in [1.807, 2.05) is 42.5 Å². The number of nitrogen functional groups attached to an aromatic ring is 1. The lowest BCUT2D eigenvalue weighted by Crippen LogP contribution is -2.12. The van der Waals surface area contributed by atoms with Gasteiger partial charge in [0.05, 0.1) is 5.52 Å². The van der Waals surface area contributed by atoms with Crippen LogP contribution in [-0.4, -0.2) is 31.5 Å². The van der Waals surface area contributed by atoms with Crippen molar-refractivity contribution in [3.05, 3.63) is 66.5 Å². The smallest absolute Gasteiger partial charge is 0.184 e. The molecule has 3 N–H and O–H groups in total. The number of para-hydroxylation sites is 1. The van der Waals surface area contributed by atoms with Gasteiger partial charge in [0.1, 0.15) is 17.5 Å². The van der Waals surface area contributed by atoms with Gasteiger partial charge in [0, 0.05) is 6.54 Å². The van der Waals surface area contributed by atoms with Crippen LogP contribution in [0.15, 0.2) is 60.9 Å². The van der Waals surface area contributed by atoms with Gasteiger partial charge in [-0.3, -0.25) is 0 Å². The number of nitrogens with one attached hydrogen (secondary N) is 1. The first-order valence-corrected chi connectivity index (χ1v) is 8.02. The van der Waals surface area contributed by atoms with Gasteiger partial charge in [0.2, 0.25) is 0 Å². The summed E-state index contributed by atoms with van der Waals surface area (Å²) < 4.78 is 1.63. The Kier molecular flexibility index (Phi) is 3.96. The Morgan fingerprint density at radius 2 is 1.76 bits per heavy atom. The molecule has 2 aromatic carbocycles. The third-order valence-electron chi connectivity index (χ3n) is 3.96. The van der Waals surface area contributed by atoms with Crippen molar-refractivity contribution >= 4 is 22.5 Å². The van der Waals surface area contributed by atoms with Gasteiger partial charge in [-0.1, -0.05) is 47.7 Å². The van der Waals surface area contributed by atoms with Crippen molar-refractivity contribution in [2.45, 2.75) is 6.42 Å². The monoisotopic (exact) mass is 331 g/mol. The molecular weight excluding hydrogens is 314 g/mol. The van der Waals surface area contributed by atoms with Crippen LogP contribution in [-0.2, 0) is 6.42 Å². The highest BCUT2D eigenvalue weighted by molar-refractivity contribution is 5.78. The highest BCUT2D eigenvalue weighted by atomic mass is 15.4. The fraction of sp³-hybridized carbons (Fsp3) is 0.111. The average Bonchev–Trinajstić information content (AvgIpc) is 3.08. The van der Waals surface area contributed by atoms with E-state index in [2.05, 4.69) is 37.7 Å². The highest BCUT2D eigenvalue weighted by Gasteiger charge is 2.13. The van der Waals surface area contributed by atoms with Gasteiger partial charge >= 0.3 is 0 Å². The number of benzene rings is 2. The SMILES string of the molecule is Nc1c(NCCc2ccccc2)ncnc1-n1nnc2ccccc21. The number of hydrogen-bond donors (Lipinski definition) is 2. The molecule has 0 radical (unpaired) electrons. The standard InChI is InChI=1S/C18H17N7/c19-16-17(20-11-10-13-6-2-1-3-7-13)21-12-22-18(16)25-15-9-5-4-8-14(15)23-24-25/h1-9,12H,10-11,19H2,(H,20,21,22). The van der Waals surface area contributed by atoms with E-state index in [4.69, 9.17) is 5.73 Å². The first kappa shape index (κ1) is 15.1. The predicted octanol–water partition coefficient (Wildman–Crippen LogP) is 2.45. The molecule has 0 unspecified atom stereocenters. The van der Waals surface area contributed by atoms with E-state index in [0.29, 0.717) is 17.3 Å². The van der Waals surface area contributed by atoms with Crippen LogP contribution in [0.1, 0.15) is 5.56 Å². The predicted molar refractivity (Wildman–Crippen MR) is 97.5 cm³/mol. The number of hydrogen-bond acceptors (Lipinski definition) is 6. The van der Waals surface area contributed by atoms with Crippen LogP contribution in [0.2, 0.25) is 0 Å². The molecule has 0 aliphatic rings. The molecule has 0 aliphatic heterocycles. The number of fused-ring (bicyclic) bond motifs is 1. The van der Waals surface area contributed by atoms with Crippen LogP contribution in [0.4, 0.5) is 11.5 Å². The zero-order chi connectivity index (χ0) is 17.1. The van der Waals surface area contributed by atoms with Gasteiger partial charge < -0.3 is 11.1 Å². The van der Waals surface area contributed by atoms with Gasteiger partial charge in [-0.15, -0.1) is 5.10 Å². The van der Waals surface area contributed by atoms with Gasteiger partial charge in [-0.25, -0.2) is 9.97 Å². The normalized spacial score (nSPS) is 10.9. The number of anilines is 2. The molecule has 25 heavy (non-hydrogen) atoms. The fourth-order valence-electron chi connectivity index (χ4n) is 2.69. The second-order valence-electron chi connectivity index (χ2n) is 5.61. The Labute approximate surface area is 144 Å². The van der Waals surface area contributed by atoms with E-state index < -0.39 is 0 Å². The summed E-state index contributed by atoms with van der Waals surface area (Å²) in [4.78, 5) is 8.53. The largest absolute Gasteiger partial charge is 0.393 e. The van der Waals surface area contributed by atoms with Crippen molar-refractivity contribution in [2.24, 2.45) is 0 Å². The molecule has 2 aromatic heterocycles. The van der Waals surface area contributed by atoms with Crippen molar-refractivity contribution in [3.8, 4) is 5.82 Å². The Balaban J connectivity index is 1.58. The van der Waals surface area contributed by atoms with Crippen LogP contribution < -0.4 is 11.1 Å². The molecule has 0 atom stereocenters. The maximum absolute atomic E-state index is 6.27. The minimum atomic E-state index is 0.450. The fourth-order valence-corrected chi connectivity index (χ4v) is 2.69.